The predicted molar refractivity (Wildman–Crippen MR) is 111 cm³/mol. The van der Waals surface area contributed by atoms with Gasteiger partial charge in [-0.15, -0.1) is 13.2 Å². The highest BCUT2D eigenvalue weighted by Crippen LogP contribution is 2.38. The molecule has 0 spiro atoms. The summed E-state index contributed by atoms with van der Waals surface area (Å²) in [5, 5.41) is 0. The van der Waals surface area contributed by atoms with Crippen molar-refractivity contribution in [1.29, 1.82) is 0 Å². The van der Waals surface area contributed by atoms with Crippen LogP contribution in [0.1, 0.15) is 30.0 Å². The Morgan fingerprint density at radius 2 is 1.34 bits per heavy atom. The maximum Gasteiger partial charge on any atom is 0.573 e. The molecule has 1 aliphatic carbocycles. The molecule has 0 saturated carbocycles. The van der Waals surface area contributed by atoms with E-state index in [9.17, 15) is 35.1 Å². The van der Waals surface area contributed by atoms with Gasteiger partial charge in [0.1, 0.15) is 11.6 Å². The monoisotopic (exact) mass is 502 g/mol. The number of alkyl halides is 5. The summed E-state index contributed by atoms with van der Waals surface area (Å²) < 4.78 is 116. The van der Waals surface area contributed by atoms with E-state index in [4.69, 9.17) is 0 Å². The minimum atomic E-state index is -5.41. The first-order chi connectivity index (χ1) is 16.4. The molecule has 0 aromatic heterocycles. The number of ether oxygens (including phenoxy) is 2. The van der Waals surface area contributed by atoms with Crippen LogP contribution < -0.4 is 9.47 Å². The minimum absolute atomic E-state index is 0.0818. The smallest absolute Gasteiger partial charge is 0.429 e. The predicted octanol–water partition coefficient (Wildman–Crippen LogP) is 7.92. The fourth-order valence-electron chi connectivity index (χ4n) is 4.12. The maximum absolute atomic E-state index is 14.7. The summed E-state index contributed by atoms with van der Waals surface area (Å²) >= 11 is 0. The molecule has 0 amide bonds. The molecule has 3 aromatic carbocycles. The van der Waals surface area contributed by atoms with Gasteiger partial charge in [0.2, 0.25) is 5.75 Å². The summed E-state index contributed by atoms with van der Waals surface area (Å²) in [5.41, 5.74) is 2.08. The second kappa shape index (κ2) is 9.05. The molecule has 0 aliphatic heterocycles. The molecule has 0 saturated heterocycles. The van der Waals surface area contributed by atoms with Crippen molar-refractivity contribution >= 4 is 0 Å². The molecule has 0 radical (unpaired) electrons. The molecule has 0 fully saturated rings. The summed E-state index contributed by atoms with van der Waals surface area (Å²) in [6.07, 6.45) is -6.94. The van der Waals surface area contributed by atoms with Gasteiger partial charge in [-0.25, -0.2) is 13.2 Å². The van der Waals surface area contributed by atoms with Crippen LogP contribution in [-0.2, 0) is 19.0 Å². The molecule has 0 heterocycles. The van der Waals surface area contributed by atoms with E-state index < -0.39 is 47.0 Å². The summed E-state index contributed by atoms with van der Waals surface area (Å²) in [6.45, 7) is 2.10. The Bertz CT molecular complexity index is 1230. The van der Waals surface area contributed by atoms with E-state index >= 15 is 0 Å². The Morgan fingerprint density at radius 3 is 1.94 bits per heavy atom. The second-order valence-corrected chi connectivity index (χ2v) is 8.24. The van der Waals surface area contributed by atoms with Crippen molar-refractivity contribution < 1.29 is 44.6 Å². The molecule has 186 valence electrons. The highest BCUT2D eigenvalue weighted by Gasteiger charge is 2.39. The molecule has 0 bridgehead atoms. The minimum Gasteiger partial charge on any atom is -0.429 e. The molecule has 10 heteroatoms. The first-order valence-electron chi connectivity index (χ1n) is 10.6. The van der Waals surface area contributed by atoms with Crippen molar-refractivity contribution in [3.05, 3.63) is 82.7 Å². The lowest BCUT2D eigenvalue weighted by Gasteiger charge is -2.20. The lowest BCUT2D eigenvalue weighted by atomic mass is 9.99. The third-order valence-electron chi connectivity index (χ3n) is 5.85. The molecule has 4 rings (SSSR count). The molecule has 2 nitrogen and oxygen atoms in total. The van der Waals surface area contributed by atoms with E-state index in [1.807, 2.05) is 12.1 Å². The van der Waals surface area contributed by atoms with Gasteiger partial charge in [0.15, 0.2) is 11.6 Å². The normalized spacial score (nSPS) is 15.7. The zero-order chi connectivity index (χ0) is 25.5. The van der Waals surface area contributed by atoms with Gasteiger partial charge in [-0.3, -0.25) is 0 Å². The van der Waals surface area contributed by atoms with E-state index in [1.54, 1.807) is 6.07 Å². The highest BCUT2D eigenvalue weighted by atomic mass is 19.4. The molecule has 1 aliphatic rings. The van der Waals surface area contributed by atoms with E-state index in [0.717, 1.165) is 37.0 Å². The molecular formula is C25H18F8O2. The lowest BCUT2D eigenvalue weighted by molar-refractivity contribution is -0.276. The van der Waals surface area contributed by atoms with Gasteiger partial charge in [-0.05, 0) is 53.1 Å². The number of hydrogen-bond acceptors (Lipinski definition) is 2. The van der Waals surface area contributed by atoms with Crippen molar-refractivity contribution in [2.24, 2.45) is 5.92 Å². The molecule has 3 aromatic rings. The van der Waals surface area contributed by atoms with Gasteiger partial charge in [0.05, 0.1) is 5.56 Å². The second-order valence-electron chi connectivity index (χ2n) is 8.24. The Morgan fingerprint density at radius 1 is 0.743 bits per heavy atom. The molecule has 1 atom stereocenters. The van der Waals surface area contributed by atoms with Crippen molar-refractivity contribution in [2.45, 2.75) is 38.7 Å². The Balaban J connectivity index is 1.57. The number of benzene rings is 3. The third kappa shape index (κ3) is 5.36. The molecule has 0 N–H and O–H groups in total. The van der Waals surface area contributed by atoms with Gasteiger partial charge in [-0.2, -0.15) is 8.78 Å². The van der Waals surface area contributed by atoms with Crippen LogP contribution in [0.5, 0.6) is 11.5 Å². The molecule has 35 heavy (non-hydrogen) atoms. The van der Waals surface area contributed by atoms with Gasteiger partial charge in [0.25, 0.3) is 0 Å². The van der Waals surface area contributed by atoms with Gasteiger partial charge in [0, 0.05) is 12.1 Å². The van der Waals surface area contributed by atoms with Crippen LogP contribution in [0.2, 0.25) is 0 Å². The fraction of sp³-hybridized carbons (Fsp3) is 0.280. The third-order valence-corrected chi connectivity index (χ3v) is 5.85. The van der Waals surface area contributed by atoms with E-state index in [-0.39, 0.29) is 12.1 Å². The van der Waals surface area contributed by atoms with E-state index in [0.29, 0.717) is 17.0 Å². The van der Waals surface area contributed by atoms with Crippen molar-refractivity contribution in [1.82, 2.24) is 0 Å². The Kier molecular flexibility index (Phi) is 6.42. The first-order valence-corrected chi connectivity index (χ1v) is 10.6. The molecular weight excluding hydrogens is 484 g/mol. The van der Waals surface area contributed by atoms with Crippen molar-refractivity contribution in [3.8, 4) is 22.6 Å². The van der Waals surface area contributed by atoms with Crippen LogP contribution in [0.15, 0.2) is 48.5 Å². The Labute approximate surface area is 195 Å². The maximum atomic E-state index is 14.7. The van der Waals surface area contributed by atoms with Crippen LogP contribution in [0.25, 0.3) is 11.1 Å². The van der Waals surface area contributed by atoms with Gasteiger partial charge >= 0.3 is 12.5 Å². The number of halogens is 8. The largest absolute Gasteiger partial charge is 0.573 e. The van der Waals surface area contributed by atoms with Crippen LogP contribution in [0, 0.1) is 23.4 Å². The zero-order valence-electron chi connectivity index (χ0n) is 18.2. The summed E-state index contributed by atoms with van der Waals surface area (Å²) in [4.78, 5) is 0. The summed E-state index contributed by atoms with van der Waals surface area (Å²) in [7, 11) is 0. The molecule has 1 unspecified atom stereocenters. The summed E-state index contributed by atoms with van der Waals surface area (Å²) in [5.74, 6) is -7.65. The lowest BCUT2D eigenvalue weighted by Crippen LogP contribution is -2.24. The number of fused-ring (bicyclic) bond motifs is 1. The van der Waals surface area contributed by atoms with Crippen LogP contribution in [0.3, 0.4) is 0 Å². The Hall–Kier alpha value is -3.30. The average Bonchev–Trinajstić information content (AvgIpc) is 3.17. The van der Waals surface area contributed by atoms with Crippen molar-refractivity contribution in [2.75, 3.05) is 0 Å². The van der Waals surface area contributed by atoms with Crippen LogP contribution in [-0.4, -0.2) is 6.36 Å². The van der Waals surface area contributed by atoms with Crippen LogP contribution >= 0.6 is 0 Å². The quantitative estimate of drug-likeness (QED) is 0.319. The number of hydrogen-bond donors (Lipinski definition) is 0. The standard InChI is InChI=1S/C25H18F8O2/c1-2-13-7-14-3-4-15(9-17(14)8-13)16-5-6-19(20(26)10-16)24(29,30)34-18-11-21(27)23(22(28)12-18)35-25(31,32)33/h3-6,9-13H,2,7-8H2,1H3. The van der Waals surface area contributed by atoms with Gasteiger partial charge in [-0.1, -0.05) is 37.6 Å². The topological polar surface area (TPSA) is 18.5 Å². The summed E-state index contributed by atoms with van der Waals surface area (Å²) in [6, 6.07) is 8.68. The highest BCUT2D eigenvalue weighted by molar-refractivity contribution is 5.66. The zero-order valence-corrected chi connectivity index (χ0v) is 18.2. The fourth-order valence-corrected chi connectivity index (χ4v) is 4.12. The number of rotatable bonds is 6. The van der Waals surface area contributed by atoms with Gasteiger partial charge < -0.3 is 9.47 Å². The van der Waals surface area contributed by atoms with Crippen molar-refractivity contribution in [3.63, 3.8) is 0 Å². The average molecular weight is 502 g/mol. The van der Waals surface area contributed by atoms with E-state index in [1.165, 1.54) is 11.6 Å². The first kappa shape index (κ1) is 24.8. The SMILES string of the molecule is CCC1Cc2ccc(-c3ccc(C(F)(F)Oc4cc(F)c(OC(F)(F)F)c(F)c4)c(F)c3)cc2C1. The van der Waals surface area contributed by atoms with E-state index in [2.05, 4.69) is 16.4 Å². The van der Waals surface area contributed by atoms with Crippen LogP contribution in [0.4, 0.5) is 35.1 Å².